The molecule has 0 aromatic heterocycles. The molecule has 0 aliphatic heterocycles. The van der Waals surface area contributed by atoms with Gasteiger partial charge < -0.3 is 10.0 Å². The molecule has 1 aliphatic carbocycles. The van der Waals surface area contributed by atoms with Crippen molar-refractivity contribution in [1.82, 2.24) is 4.90 Å². The van der Waals surface area contributed by atoms with Crippen LogP contribution in [0.15, 0.2) is 24.3 Å². The van der Waals surface area contributed by atoms with Crippen molar-refractivity contribution in [3.63, 3.8) is 0 Å². The first kappa shape index (κ1) is 14.9. The molecule has 0 bridgehead atoms. The number of carbonyl (C=O) groups is 2. The van der Waals surface area contributed by atoms with E-state index in [0.29, 0.717) is 24.4 Å². The number of hydrogen-bond donors (Lipinski definition) is 1. The molecule has 1 fully saturated rings. The van der Waals surface area contributed by atoms with E-state index in [9.17, 15) is 9.59 Å². The highest BCUT2D eigenvalue weighted by Crippen LogP contribution is 2.33. The molecule has 2 rings (SSSR count). The fourth-order valence-corrected chi connectivity index (χ4v) is 3.03. The Morgan fingerprint density at radius 3 is 2.70 bits per heavy atom. The zero-order valence-electron chi connectivity index (χ0n) is 11.4. The number of hydrogen-bond acceptors (Lipinski definition) is 2. The minimum atomic E-state index is -0.864. The summed E-state index contributed by atoms with van der Waals surface area (Å²) in [4.78, 5) is 25.1. The van der Waals surface area contributed by atoms with Crippen molar-refractivity contribution in [2.75, 3.05) is 7.05 Å². The smallest absolute Gasteiger partial charge is 0.307 e. The Hall–Kier alpha value is -1.55. The lowest BCUT2D eigenvalue weighted by Gasteiger charge is -2.23. The van der Waals surface area contributed by atoms with Gasteiger partial charge in [-0.2, -0.15) is 0 Å². The number of halogens is 1. The number of carboxylic acids is 1. The minimum Gasteiger partial charge on any atom is -0.481 e. The molecule has 0 saturated heterocycles. The second-order valence-corrected chi connectivity index (χ2v) is 5.74. The molecule has 0 radical (unpaired) electrons. The molecule has 5 heteroatoms. The normalized spacial score (nSPS) is 21.7. The maximum atomic E-state index is 12.4. The first-order valence-electron chi connectivity index (χ1n) is 6.71. The second-order valence-electron chi connectivity index (χ2n) is 5.31. The summed E-state index contributed by atoms with van der Waals surface area (Å²) in [5, 5.41) is 9.78. The van der Waals surface area contributed by atoms with Gasteiger partial charge in [0.25, 0.3) is 0 Å². The van der Waals surface area contributed by atoms with Gasteiger partial charge in [0.15, 0.2) is 0 Å². The maximum absolute atomic E-state index is 12.4. The molecule has 4 nitrogen and oxygen atoms in total. The molecule has 0 heterocycles. The van der Waals surface area contributed by atoms with E-state index in [0.717, 1.165) is 12.0 Å². The monoisotopic (exact) mass is 295 g/mol. The number of aliphatic carboxylic acids is 1. The van der Waals surface area contributed by atoms with Crippen molar-refractivity contribution < 1.29 is 14.7 Å². The van der Waals surface area contributed by atoms with Crippen LogP contribution in [0.3, 0.4) is 0 Å². The predicted octanol–water partition coefficient (Wildman–Crippen LogP) is 2.80. The van der Waals surface area contributed by atoms with Crippen LogP contribution in [-0.2, 0) is 16.1 Å². The van der Waals surface area contributed by atoms with E-state index in [2.05, 4.69) is 0 Å². The molecule has 108 valence electrons. The van der Waals surface area contributed by atoms with Crippen LogP contribution in [0.4, 0.5) is 0 Å². The summed E-state index contributed by atoms with van der Waals surface area (Å²) in [6, 6.07) is 7.34. The Morgan fingerprint density at radius 1 is 1.35 bits per heavy atom. The average molecular weight is 296 g/mol. The van der Waals surface area contributed by atoms with E-state index in [1.165, 1.54) is 0 Å². The first-order valence-corrected chi connectivity index (χ1v) is 7.09. The Morgan fingerprint density at radius 2 is 2.05 bits per heavy atom. The molecule has 1 aromatic rings. The Labute approximate surface area is 123 Å². The van der Waals surface area contributed by atoms with Crippen LogP contribution in [0, 0.1) is 11.8 Å². The SMILES string of the molecule is CN(Cc1cccc(Cl)c1)C(=O)C1CCCC1C(=O)O. The molecule has 1 amide bonds. The fraction of sp³-hybridized carbons (Fsp3) is 0.467. The van der Waals surface area contributed by atoms with Crippen molar-refractivity contribution in [3.05, 3.63) is 34.9 Å². The second kappa shape index (κ2) is 6.27. The van der Waals surface area contributed by atoms with E-state index < -0.39 is 17.8 Å². The van der Waals surface area contributed by atoms with Gasteiger partial charge in [0.1, 0.15) is 0 Å². The fourth-order valence-electron chi connectivity index (χ4n) is 2.82. The van der Waals surface area contributed by atoms with Gasteiger partial charge in [-0.3, -0.25) is 9.59 Å². The highest BCUT2D eigenvalue weighted by Gasteiger charge is 2.38. The van der Waals surface area contributed by atoms with Crippen LogP contribution in [-0.4, -0.2) is 28.9 Å². The molecular weight excluding hydrogens is 278 g/mol. The van der Waals surface area contributed by atoms with Crippen LogP contribution in [0.25, 0.3) is 0 Å². The van der Waals surface area contributed by atoms with E-state index in [1.54, 1.807) is 18.0 Å². The van der Waals surface area contributed by atoms with Gasteiger partial charge in [0.05, 0.1) is 11.8 Å². The molecule has 2 unspecified atom stereocenters. The van der Waals surface area contributed by atoms with Crippen molar-refractivity contribution in [2.45, 2.75) is 25.8 Å². The van der Waals surface area contributed by atoms with Crippen LogP contribution in [0.5, 0.6) is 0 Å². The van der Waals surface area contributed by atoms with Gasteiger partial charge in [-0.25, -0.2) is 0 Å². The predicted molar refractivity (Wildman–Crippen MR) is 76.4 cm³/mol. The Balaban J connectivity index is 2.03. The number of rotatable bonds is 4. The molecule has 1 N–H and O–H groups in total. The zero-order valence-corrected chi connectivity index (χ0v) is 12.1. The summed E-state index contributed by atoms with van der Waals surface area (Å²) in [7, 11) is 1.71. The third-order valence-corrected chi connectivity index (χ3v) is 4.07. The highest BCUT2D eigenvalue weighted by atomic mass is 35.5. The summed E-state index contributed by atoms with van der Waals surface area (Å²) >= 11 is 5.92. The maximum Gasteiger partial charge on any atom is 0.307 e. The van der Waals surface area contributed by atoms with Crippen LogP contribution in [0.1, 0.15) is 24.8 Å². The highest BCUT2D eigenvalue weighted by molar-refractivity contribution is 6.30. The van der Waals surface area contributed by atoms with E-state index in [1.807, 2.05) is 18.2 Å². The first-order chi connectivity index (χ1) is 9.49. The quantitative estimate of drug-likeness (QED) is 0.929. The summed E-state index contributed by atoms with van der Waals surface area (Å²) in [5.41, 5.74) is 0.943. The van der Waals surface area contributed by atoms with Gasteiger partial charge >= 0.3 is 5.97 Å². The summed E-state index contributed by atoms with van der Waals surface area (Å²) < 4.78 is 0. The molecule has 1 aromatic carbocycles. The van der Waals surface area contributed by atoms with E-state index >= 15 is 0 Å². The van der Waals surface area contributed by atoms with E-state index in [4.69, 9.17) is 16.7 Å². The van der Waals surface area contributed by atoms with Crippen LogP contribution in [0.2, 0.25) is 5.02 Å². The third-order valence-electron chi connectivity index (χ3n) is 3.84. The molecule has 1 aliphatic rings. The van der Waals surface area contributed by atoms with Crippen molar-refractivity contribution in [1.29, 1.82) is 0 Å². The summed E-state index contributed by atoms with van der Waals surface area (Å²) in [6.45, 7) is 0.447. The van der Waals surface area contributed by atoms with Gasteiger partial charge in [0, 0.05) is 18.6 Å². The van der Waals surface area contributed by atoms with Crippen molar-refractivity contribution in [2.24, 2.45) is 11.8 Å². The zero-order chi connectivity index (χ0) is 14.7. The van der Waals surface area contributed by atoms with Gasteiger partial charge in [-0.05, 0) is 30.5 Å². The van der Waals surface area contributed by atoms with Crippen LogP contribution >= 0.6 is 11.6 Å². The number of amides is 1. The Bertz CT molecular complexity index is 518. The third kappa shape index (κ3) is 3.31. The number of carbonyl (C=O) groups excluding carboxylic acids is 1. The molecule has 1 saturated carbocycles. The van der Waals surface area contributed by atoms with E-state index in [-0.39, 0.29) is 5.91 Å². The average Bonchev–Trinajstić information content (AvgIpc) is 2.87. The Kier molecular flexibility index (Phi) is 4.65. The van der Waals surface area contributed by atoms with Crippen LogP contribution < -0.4 is 0 Å². The number of benzene rings is 1. The van der Waals surface area contributed by atoms with Crippen molar-refractivity contribution >= 4 is 23.5 Å². The minimum absolute atomic E-state index is 0.0881. The van der Waals surface area contributed by atoms with Gasteiger partial charge in [0.2, 0.25) is 5.91 Å². The summed E-state index contributed by atoms with van der Waals surface area (Å²) in [5.74, 6) is -1.88. The lowest BCUT2D eigenvalue weighted by molar-refractivity contribution is -0.148. The molecule has 2 atom stereocenters. The largest absolute Gasteiger partial charge is 0.481 e. The number of nitrogens with zero attached hydrogens (tertiary/aromatic N) is 1. The molecular formula is C15H18ClNO3. The topological polar surface area (TPSA) is 57.6 Å². The standard InChI is InChI=1S/C15H18ClNO3/c1-17(9-10-4-2-5-11(16)8-10)14(18)12-6-3-7-13(12)15(19)20/h2,4-5,8,12-13H,3,6-7,9H2,1H3,(H,19,20). The molecule has 0 spiro atoms. The van der Waals surface area contributed by atoms with Crippen molar-refractivity contribution in [3.8, 4) is 0 Å². The van der Waals surface area contributed by atoms with Gasteiger partial charge in [-0.1, -0.05) is 30.2 Å². The van der Waals surface area contributed by atoms with Gasteiger partial charge in [-0.15, -0.1) is 0 Å². The summed E-state index contributed by atoms with van der Waals surface area (Å²) in [6.07, 6.45) is 2.06. The lowest BCUT2D eigenvalue weighted by Crippen LogP contribution is -2.36. The number of carboxylic acid groups (broad SMARTS) is 1. The lowest BCUT2D eigenvalue weighted by atomic mass is 9.95. The molecule has 20 heavy (non-hydrogen) atoms.